The van der Waals surface area contributed by atoms with Crippen molar-refractivity contribution >= 4 is 68.1 Å². The average molecular weight is 585 g/mol. The van der Waals surface area contributed by atoms with E-state index in [1.165, 1.54) is 24.2 Å². The van der Waals surface area contributed by atoms with E-state index < -0.39 is 0 Å². The Labute approximate surface area is 221 Å². The number of hydrogen-bond donors (Lipinski definition) is 0. The number of benzene rings is 2. The van der Waals surface area contributed by atoms with Gasteiger partial charge in [0.05, 0.1) is 16.5 Å². The number of carbonyl (C=O) groups excluding carboxylic acids is 2. The molecule has 0 radical (unpaired) electrons. The van der Waals surface area contributed by atoms with Crippen molar-refractivity contribution in [1.82, 2.24) is 4.90 Å². The molecule has 1 aliphatic heterocycles. The van der Waals surface area contributed by atoms with Gasteiger partial charge in [-0.05, 0) is 82.4 Å². The number of halogens is 3. The summed E-state index contributed by atoms with van der Waals surface area (Å²) in [6, 6.07) is 8.83. The first-order valence-electron chi connectivity index (χ1n) is 11.1. The van der Waals surface area contributed by atoms with Crippen LogP contribution in [0.25, 0.3) is 6.08 Å². The van der Waals surface area contributed by atoms with Crippen molar-refractivity contribution in [2.24, 2.45) is 5.92 Å². The first kappa shape index (κ1) is 25.4. The quantitative estimate of drug-likeness (QED) is 0.309. The molecule has 34 heavy (non-hydrogen) atoms. The lowest BCUT2D eigenvalue weighted by molar-refractivity contribution is -0.123. The minimum atomic E-state index is -0.228. The summed E-state index contributed by atoms with van der Waals surface area (Å²) in [7, 11) is 1.55. The lowest BCUT2D eigenvalue weighted by Crippen LogP contribution is -2.34. The summed E-state index contributed by atoms with van der Waals surface area (Å²) in [6.07, 6.45) is 7.45. The molecule has 2 fully saturated rings. The number of nitrogens with zero attached hydrogens (tertiary/aromatic N) is 1. The Morgan fingerprint density at radius 1 is 1.15 bits per heavy atom. The van der Waals surface area contributed by atoms with E-state index in [2.05, 4.69) is 15.9 Å². The zero-order valence-corrected chi connectivity index (χ0v) is 22.5. The third kappa shape index (κ3) is 5.93. The van der Waals surface area contributed by atoms with Gasteiger partial charge in [-0.25, -0.2) is 0 Å². The highest BCUT2D eigenvalue weighted by atomic mass is 79.9. The number of methoxy groups -OCH3 is 1. The Morgan fingerprint density at radius 2 is 1.91 bits per heavy atom. The second-order valence-corrected chi connectivity index (χ2v) is 11.0. The van der Waals surface area contributed by atoms with Crippen molar-refractivity contribution in [3.63, 3.8) is 0 Å². The van der Waals surface area contributed by atoms with Crippen molar-refractivity contribution in [3.8, 4) is 11.5 Å². The molecule has 9 heteroatoms. The van der Waals surface area contributed by atoms with Crippen molar-refractivity contribution in [2.45, 2.75) is 38.7 Å². The van der Waals surface area contributed by atoms with Gasteiger partial charge in [-0.15, -0.1) is 0 Å². The topological polar surface area (TPSA) is 55.8 Å². The van der Waals surface area contributed by atoms with Crippen LogP contribution in [0.3, 0.4) is 0 Å². The molecule has 4 rings (SSSR count). The van der Waals surface area contributed by atoms with E-state index in [-0.39, 0.29) is 17.8 Å². The van der Waals surface area contributed by atoms with E-state index in [0.29, 0.717) is 43.4 Å². The van der Waals surface area contributed by atoms with E-state index in [4.69, 9.17) is 32.7 Å². The Balaban J connectivity index is 1.50. The number of carbonyl (C=O) groups is 2. The predicted molar refractivity (Wildman–Crippen MR) is 141 cm³/mol. The lowest BCUT2D eigenvalue weighted by atomic mass is 9.89. The van der Waals surface area contributed by atoms with Crippen LogP contribution in [-0.2, 0) is 11.4 Å². The number of hydrogen-bond acceptors (Lipinski definition) is 5. The largest absolute Gasteiger partial charge is 0.493 e. The van der Waals surface area contributed by atoms with Gasteiger partial charge in [0, 0.05) is 22.2 Å². The first-order valence-corrected chi connectivity index (χ1v) is 13.4. The van der Waals surface area contributed by atoms with E-state index in [0.717, 1.165) is 35.7 Å². The molecule has 1 heterocycles. The summed E-state index contributed by atoms with van der Waals surface area (Å²) in [4.78, 5) is 27.3. The van der Waals surface area contributed by atoms with Crippen LogP contribution in [0.4, 0.5) is 4.79 Å². The molecule has 1 aliphatic carbocycles. The van der Waals surface area contributed by atoms with Gasteiger partial charge in [0.15, 0.2) is 11.5 Å². The molecule has 0 spiro atoms. The molecule has 0 aromatic heterocycles. The Bertz CT molecular complexity index is 1130. The fourth-order valence-corrected chi connectivity index (χ4v) is 6.07. The van der Waals surface area contributed by atoms with Crippen molar-refractivity contribution < 1.29 is 19.1 Å². The fraction of sp³-hybridized carbons (Fsp3) is 0.360. The summed E-state index contributed by atoms with van der Waals surface area (Å²) in [5.74, 6) is 1.18. The smallest absolute Gasteiger partial charge is 0.293 e. The third-order valence-electron chi connectivity index (χ3n) is 5.98. The maximum absolute atomic E-state index is 12.9. The van der Waals surface area contributed by atoms with Gasteiger partial charge in [-0.1, -0.05) is 48.5 Å². The molecule has 180 valence electrons. The van der Waals surface area contributed by atoms with Gasteiger partial charge >= 0.3 is 0 Å². The van der Waals surface area contributed by atoms with Crippen LogP contribution in [0, 0.1) is 5.92 Å². The summed E-state index contributed by atoms with van der Waals surface area (Å²) >= 11 is 16.7. The monoisotopic (exact) mass is 583 g/mol. The minimum Gasteiger partial charge on any atom is -0.493 e. The molecule has 2 aliphatic rings. The van der Waals surface area contributed by atoms with Gasteiger partial charge in [0.1, 0.15) is 6.61 Å². The molecule has 0 atom stereocenters. The molecule has 5 nitrogen and oxygen atoms in total. The van der Waals surface area contributed by atoms with Crippen LogP contribution in [0.5, 0.6) is 11.5 Å². The van der Waals surface area contributed by atoms with Gasteiger partial charge in [-0.2, -0.15) is 0 Å². The highest BCUT2D eigenvalue weighted by Gasteiger charge is 2.36. The van der Waals surface area contributed by atoms with E-state index in [9.17, 15) is 9.59 Å². The summed E-state index contributed by atoms with van der Waals surface area (Å²) < 4.78 is 12.2. The number of imide groups is 1. The second-order valence-electron chi connectivity index (χ2n) is 8.35. The predicted octanol–water partition coefficient (Wildman–Crippen LogP) is 7.96. The van der Waals surface area contributed by atoms with Gasteiger partial charge in [0.2, 0.25) is 0 Å². The fourth-order valence-electron chi connectivity index (χ4n) is 4.19. The van der Waals surface area contributed by atoms with E-state index in [1.54, 1.807) is 31.4 Å². The number of rotatable bonds is 7. The minimum absolute atomic E-state index is 0.201. The summed E-state index contributed by atoms with van der Waals surface area (Å²) in [5.41, 5.74) is 1.51. The molecule has 1 saturated carbocycles. The standard InChI is InChI=1S/C25H24BrCl2NO4S/c1-32-21-10-16(9-19(26)23(21)33-14-17-7-8-18(27)12-20(17)28)11-22-24(30)29(25(31)34-22)13-15-5-3-2-4-6-15/h7-12,15H,2-6,13-14H2,1H3/b22-11+. The first-order chi connectivity index (χ1) is 16.4. The second kappa shape index (κ2) is 11.4. The zero-order valence-electron chi connectivity index (χ0n) is 18.6. The number of ether oxygens (including phenoxy) is 2. The maximum Gasteiger partial charge on any atom is 0.293 e. The van der Waals surface area contributed by atoms with E-state index in [1.807, 2.05) is 12.1 Å². The van der Waals surface area contributed by atoms with Crippen LogP contribution in [-0.4, -0.2) is 29.7 Å². The molecular formula is C25H24BrCl2NO4S. The number of thioether (sulfide) groups is 1. The average Bonchev–Trinajstić information content (AvgIpc) is 3.07. The molecule has 1 saturated heterocycles. The molecule has 0 N–H and O–H groups in total. The van der Waals surface area contributed by atoms with Crippen LogP contribution >= 0.6 is 50.9 Å². The molecule has 0 bridgehead atoms. The summed E-state index contributed by atoms with van der Waals surface area (Å²) in [5, 5.41) is 0.871. The number of amides is 2. The molecule has 2 aromatic rings. The Hall–Kier alpha value is -1.67. The van der Waals surface area contributed by atoms with Gasteiger partial charge in [0.25, 0.3) is 11.1 Å². The maximum atomic E-state index is 12.9. The Morgan fingerprint density at radius 3 is 2.62 bits per heavy atom. The van der Waals surface area contributed by atoms with Crippen molar-refractivity contribution in [1.29, 1.82) is 0 Å². The zero-order chi connectivity index (χ0) is 24.2. The van der Waals surface area contributed by atoms with Crippen LogP contribution in [0.2, 0.25) is 10.0 Å². The SMILES string of the molecule is COc1cc(/C=C2/SC(=O)N(CC3CCCCC3)C2=O)cc(Br)c1OCc1ccc(Cl)cc1Cl. The highest BCUT2D eigenvalue weighted by molar-refractivity contribution is 9.10. The van der Waals surface area contributed by atoms with Crippen LogP contribution < -0.4 is 9.47 Å². The van der Waals surface area contributed by atoms with Crippen molar-refractivity contribution in [3.05, 3.63) is 60.9 Å². The molecular weight excluding hydrogens is 561 g/mol. The van der Waals surface area contributed by atoms with Gasteiger partial charge < -0.3 is 9.47 Å². The van der Waals surface area contributed by atoms with Crippen LogP contribution in [0.15, 0.2) is 39.7 Å². The van der Waals surface area contributed by atoms with E-state index >= 15 is 0 Å². The summed E-state index contributed by atoms with van der Waals surface area (Å²) in [6.45, 7) is 0.736. The molecule has 0 unspecified atom stereocenters. The normalized spacial score (nSPS) is 18.1. The molecule has 2 aromatic carbocycles. The highest BCUT2D eigenvalue weighted by Crippen LogP contribution is 2.40. The van der Waals surface area contributed by atoms with Crippen LogP contribution in [0.1, 0.15) is 43.2 Å². The van der Waals surface area contributed by atoms with Gasteiger partial charge in [-0.3, -0.25) is 14.5 Å². The Kier molecular flexibility index (Phi) is 8.51. The van der Waals surface area contributed by atoms with Crippen molar-refractivity contribution in [2.75, 3.05) is 13.7 Å². The molecule has 2 amide bonds. The third-order valence-corrected chi connectivity index (χ3v) is 8.06. The lowest BCUT2D eigenvalue weighted by Gasteiger charge is -2.25.